The number of methoxy groups -OCH3 is 1. The first-order chi connectivity index (χ1) is 15.1. The molecule has 0 bridgehead atoms. The average Bonchev–Trinajstić information content (AvgIpc) is 2.88. The summed E-state index contributed by atoms with van der Waals surface area (Å²) in [5.41, 5.74) is 2.12. The average molecular weight is 465 g/mol. The van der Waals surface area contributed by atoms with Crippen molar-refractivity contribution in [1.29, 1.82) is 0 Å². The van der Waals surface area contributed by atoms with Gasteiger partial charge in [0, 0.05) is 16.1 Å². The molecule has 2 heterocycles. The van der Waals surface area contributed by atoms with Gasteiger partial charge in [-0.1, -0.05) is 37.6 Å². The zero-order valence-corrected chi connectivity index (χ0v) is 19.0. The monoisotopic (exact) mass is 464 g/mol. The number of benzene rings is 2. The summed E-state index contributed by atoms with van der Waals surface area (Å²) >= 11 is 6.31. The number of allylic oxidation sites excluding steroid dienone is 1. The fourth-order valence-electron chi connectivity index (χ4n) is 4.44. The number of fused-ring (bicyclic) bond motifs is 3. The molecular formula is C24H24ClF3N2O2. The number of hydrogen-bond acceptors (Lipinski definition) is 4. The molecule has 8 heteroatoms. The largest absolute Gasteiger partial charge is 0.496 e. The van der Waals surface area contributed by atoms with Gasteiger partial charge in [0.2, 0.25) is 0 Å². The maximum Gasteiger partial charge on any atom is 0.431 e. The predicted octanol–water partition coefficient (Wildman–Crippen LogP) is 6.65. The fraction of sp³-hybridized carbons (Fsp3) is 0.375. The van der Waals surface area contributed by atoms with Gasteiger partial charge in [0.1, 0.15) is 30.0 Å². The summed E-state index contributed by atoms with van der Waals surface area (Å²) in [4.78, 5) is 5.58. The second-order valence-corrected chi connectivity index (χ2v) is 8.64. The van der Waals surface area contributed by atoms with E-state index in [1.54, 1.807) is 25.3 Å². The van der Waals surface area contributed by atoms with Crippen molar-refractivity contribution < 1.29 is 22.6 Å². The molecule has 0 amide bonds. The van der Waals surface area contributed by atoms with Crippen molar-refractivity contribution in [3.05, 3.63) is 69.4 Å². The van der Waals surface area contributed by atoms with Crippen molar-refractivity contribution in [1.82, 2.24) is 0 Å². The van der Waals surface area contributed by atoms with Crippen molar-refractivity contribution in [2.75, 3.05) is 25.2 Å². The van der Waals surface area contributed by atoms with Gasteiger partial charge in [-0.15, -0.1) is 0 Å². The van der Waals surface area contributed by atoms with Crippen LogP contribution in [0, 0.1) is 0 Å². The molecule has 2 aromatic carbocycles. The van der Waals surface area contributed by atoms with Crippen LogP contribution in [0.1, 0.15) is 49.5 Å². The number of anilines is 1. The molecule has 0 fully saturated rings. The molecule has 4 nitrogen and oxygen atoms in total. The van der Waals surface area contributed by atoms with E-state index in [0.29, 0.717) is 22.0 Å². The molecule has 0 saturated heterocycles. The molecule has 1 atom stereocenters. The first-order valence-electron chi connectivity index (χ1n) is 10.3. The molecule has 0 radical (unpaired) electrons. The molecule has 0 spiro atoms. The quantitative estimate of drug-likeness (QED) is 0.510. The smallest absolute Gasteiger partial charge is 0.431 e. The van der Waals surface area contributed by atoms with E-state index in [0.717, 1.165) is 11.1 Å². The Morgan fingerprint density at radius 3 is 2.59 bits per heavy atom. The molecular weight excluding hydrogens is 441 g/mol. The molecule has 2 aliphatic rings. The Balaban J connectivity index is 1.97. The van der Waals surface area contributed by atoms with Crippen LogP contribution in [0.4, 0.5) is 18.9 Å². The fourth-order valence-corrected chi connectivity index (χ4v) is 4.62. The Kier molecular flexibility index (Phi) is 5.98. The van der Waals surface area contributed by atoms with Crippen LogP contribution in [0.15, 0.2) is 52.7 Å². The Bertz CT molecular complexity index is 1110. The summed E-state index contributed by atoms with van der Waals surface area (Å²) in [5.74, 6) is 1.03. The van der Waals surface area contributed by atoms with E-state index < -0.39 is 18.0 Å². The lowest BCUT2D eigenvalue weighted by molar-refractivity contribution is -0.0932. The molecule has 0 saturated carbocycles. The number of hydrogen-bond donors (Lipinski definition) is 0. The minimum atomic E-state index is -4.54. The van der Waals surface area contributed by atoms with Gasteiger partial charge < -0.3 is 9.47 Å². The lowest BCUT2D eigenvalue weighted by atomic mass is 9.89. The van der Waals surface area contributed by atoms with Gasteiger partial charge >= 0.3 is 6.18 Å². The molecule has 2 aromatic rings. The number of rotatable bonds is 3. The summed E-state index contributed by atoms with van der Waals surface area (Å²) in [7, 11) is 1.60. The number of aliphatic imine (C=N–C) groups is 1. The molecule has 2 aliphatic heterocycles. The van der Waals surface area contributed by atoms with Crippen LogP contribution in [-0.4, -0.2) is 32.3 Å². The Labute approximate surface area is 190 Å². The van der Waals surface area contributed by atoms with E-state index in [1.807, 2.05) is 32.0 Å². The van der Waals surface area contributed by atoms with Crippen LogP contribution >= 0.6 is 11.6 Å². The van der Waals surface area contributed by atoms with Crippen molar-refractivity contribution in [2.45, 2.75) is 39.0 Å². The van der Waals surface area contributed by atoms with Crippen LogP contribution in [-0.2, 0) is 4.74 Å². The van der Waals surface area contributed by atoms with Gasteiger partial charge in [-0.3, -0.25) is 9.89 Å². The van der Waals surface area contributed by atoms with Gasteiger partial charge in [0.25, 0.3) is 0 Å². The summed E-state index contributed by atoms with van der Waals surface area (Å²) in [6, 6.07) is 10.5. The number of amidine groups is 1. The van der Waals surface area contributed by atoms with E-state index in [1.165, 1.54) is 11.8 Å². The van der Waals surface area contributed by atoms with Crippen molar-refractivity contribution >= 4 is 23.1 Å². The van der Waals surface area contributed by atoms with Crippen LogP contribution in [0.2, 0.25) is 5.02 Å². The highest BCUT2D eigenvalue weighted by molar-refractivity contribution is 6.30. The van der Waals surface area contributed by atoms with Crippen LogP contribution in [0.25, 0.3) is 0 Å². The molecule has 170 valence electrons. The third kappa shape index (κ3) is 3.88. The maximum atomic E-state index is 14.1. The van der Waals surface area contributed by atoms with Crippen LogP contribution in [0.3, 0.4) is 0 Å². The topological polar surface area (TPSA) is 34.1 Å². The predicted molar refractivity (Wildman–Crippen MR) is 120 cm³/mol. The van der Waals surface area contributed by atoms with E-state index in [2.05, 4.69) is 4.99 Å². The standard InChI is InChI=1S/C24H24ClF3N2O2/c1-13(2)21-16(6-5-7-19(21)31-4)22-17-10-15(25)8-9-18(17)30-20(12-32-22)29-11-14(3)23(30)24(26,27)28/h5-10,13,22H,11-12H2,1-4H3/t22-/m1/s1. The molecule has 32 heavy (non-hydrogen) atoms. The maximum absolute atomic E-state index is 14.1. The number of nitrogens with zero attached hydrogens (tertiary/aromatic N) is 2. The third-order valence-electron chi connectivity index (χ3n) is 5.72. The molecule has 0 unspecified atom stereocenters. The van der Waals surface area contributed by atoms with E-state index in [4.69, 9.17) is 21.1 Å². The summed E-state index contributed by atoms with van der Waals surface area (Å²) < 4.78 is 54.2. The molecule has 0 aliphatic carbocycles. The zero-order chi connectivity index (χ0) is 23.2. The number of ether oxygens (including phenoxy) is 2. The normalized spacial score (nSPS) is 18.8. The molecule has 0 N–H and O–H groups in total. The highest BCUT2D eigenvalue weighted by atomic mass is 35.5. The highest BCUT2D eigenvalue weighted by Crippen LogP contribution is 2.46. The van der Waals surface area contributed by atoms with Gasteiger partial charge in [0.05, 0.1) is 19.3 Å². The van der Waals surface area contributed by atoms with Gasteiger partial charge in [0.15, 0.2) is 0 Å². The summed E-state index contributed by atoms with van der Waals surface area (Å²) in [6.07, 6.45) is -5.18. The zero-order valence-electron chi connectivity index (χ0n) is 18.3. The van der Waals surface area contributed by atoms with Crippen LogP contribution < -0.4 is 9.64 Å². The molecule has 0 aromatic heterocycles. The van der Waals surface area contributed by atoms with Gasteiger partial charge in [-0.2, -0.15) is 13.2 Å². The lowest BCUT2D eigenvalue weighted by Crippen LogP contribution is -2.42. The van der Waals surface area contributed by atoms with E-state index in [9.17, 15) is 13.2 Å². The van der Waals surface area contributed by atoms with Crippen molar-refractivity contribution in [2.24, 2.45) is 4.99 Å². The number of alkyl halides is 3. The van der Waals surface area contributed by atoms with Crippen LogP contribution in [0.5, 0.6) is 5.75 Å². The van der Waals surface area contributed by atoms with E-state index in [-0.39, 0.29) is 30.5 Å². The highest BCUT2D eigenvalue weighted by Gasteiger charge is 2.45. The third-order valence-corrected chi connectivity index (χ3v) is 5.96. The van der Waals surface area contributed by atoms with Gasteiger partial charge in [-0.25, -0.2) is 0 Å². The van der Waals surface area contributed by atoms with Gasteiger partial charge in [-0.05, 0) is 48.2 Å². The minimum absolute atomic E-state index is 0.0198. The Morgan fingerprint density at radius 2 is 1.94 bits per heavy atom. The first kappa shape index (κ1) is 22.7. The first-order valence-corrected chi connectivity index (χ1v) is 10.7. The van der Waals surface area contributed by atoms with E-state index >= 15 is 0 Å². The lowest BCUT2D eigenvalue weighted by Gasteiger charge is -2.33. The van der Waals surface area contributed by atoms with Crippen molar-refractivity contribution in [3.63, 3.8) is 0 Å². The second kappa shape index (κ2) is 8.45. The second-order valence-electron chi connectivity index (χ2n) is 8.21. The Hall–Kier alpha value is -2.51. The summed E-state index contributed by atoms with van der Waals surface area (Å²) in [5, 5.41) is 0.415. The summed E-state index contributed by atoms with van der Waals surface area (Å²) in [6.45, 7) is 5.45. The number of halogens is 4. The molecule has 4 rings (SSSR count). The van der Waals surface area contributed by atoms with Crippen molar-refractivity contribution in [3.8, 4) is 5.75 Å². The minimum Gasteiger partial charge on any atom is -0.496 e. The SMILES string of the molecule is COc1cccc([C@H]2OCC3=NCC(C)=C(C(F)(F)F)N3c3ccc(Cl)cc32)c1C(C)C. The Morgan fingerprint density at radius 1 is 1.19 bits per heavy atom.